The van der Waals surface area contributed by atoms with Crippen LogP contribution in [0, 0.1) is 0 Å². The minimum atomic E-state index is -0.0804. The molecule has 0 amide bonds. The van der Waals surface area contributed by atoms with Gasteiger partial charge in [0.05, 0.1) is 0 Å². The average molecular weight is 428 g/mol. The minimum absolute atomic E-state index is 0. The summed E-state index contributed by atoms with van der Waals surface area (Å²) in [7, 11) is 0. The van der Waals surface area contributed by atoms with Crippen LogP contribution in [0.25, 0.3) is 0 Å². The van der Waals surface area contributed by atoms with E-state index in [2.05, 4.69) is 113 Å². The van der Waals surface area contributed by atoms with E-state index in [9.17, 15) is 0 Å². The van der Waals surface area contributed by atoms with E-state index in [0.29, 0.717) is 0 Å². The molecule has 1 aliphatic rings. The van der Waals surface area contributed by atoms with Crippen molar-refractivity contribution in [2.24, 2.45) is 0 Å². The first-order valence-electron chi connectivity index (χ1n) is 7.87. The van der Waals surface area contributed by atoms with Crippen LogP contribution in [-0.4, -0.2) is 0 Å². The maximum absolute atomic E-state index is 2.45. The number of rotatable bonds is 4. The summed E-state index contributed by atoms with van der Waals surface area (Å²) in [4.78, 5) is 0. The van der Waals surface area contributed by atoms with Gasteiger partial charge >= 0.3 is 145 Å². The van der Waals surface area contributed by atoms with E-state index in [0.717, 1.165) is 6.42 Å². The monoisotopic (exact) mass is 426 g/mol. The quantitative estimate of drug-likeness (QED) is 0.447. The molecule has 0 aliphatic heterocycles. The van der Waals surface area contributed by atoms with Crippen LogP contribution in [0.3, 0.4) is 0 Å². The predicted octanol–water partition coefficient (Wildman–Crippen LogP) is -3.38. The Morgan fingerprint density at radius 2 is 1.28 bits per heavy atom. The summed E-state index contributed by atoms with van der Waals surface area (Å²) in [5.41, 5.74) is 4.08. The van der Waals surface area contributed by atoms with Crippen molar-refractivity contribution in [1.82, 2.24) is 0 Å². The topological polar surface area (TPSA) is 0 Å². The van der Waals surface area contributed by atoms with Gasteiger partial charge in [0.25, 0.3) is 0 Å². The zero-order valence-corrected chi connectivity index (χ0v) is 18.2. The zero-order chi connectivity index (χ0) is 15.6. The molecule has 2 aromatic carbocycles. The molecule has 0 spiro atoms. The van der Waals surface area contributed by atoms with Crippen molar-refractivity contribution in [3.05, 3.63) is 95.6 Å². The first kappa shape index (κ1) is 24.5. The molecule has 1 aliphatic carbocycles. The van der Waals surface area contributed by atoms with Crippen LogP contribution in [-0.2, 0) is 25.9 Å². The normalized spacial score (nSPS) is 18.5. The summed E-state index contributed by atoms with van der Waals surface area (Å²) >= 11 is 2.35. The number of hydrogen-bond donors (Lipinski definition) is 0. The molecule has 25 heavy (non-hydrogen) atoms. The van der Waals surface area contributed by atoms with Crippen molar-refractivity contribution in [1.29, 1.82) is 0 Å². The van der Waals surface area contributed by atoms with E-state index in [1.54, 1.807) is 0 Å². The van der Waals surface area contributed by atoms with Crippen LogP contribution < -0.4 is 37.2 Å². The van der Waals surface area contributed by atoms with Gasteiger partial charge in [0, 0.05) is 0 Å². The van der Waals surface area contributed by atoms with Gasteiger partial charge in [0.2, 0.25) is 0 Å². The van der Waals surface area contributed by atoms with Crippen LogP contribution in [0.2, 0.25) is 3.72 Å². The Kier molecular flexibility index (Phi) is 9.80. The molecule has 0 heterocycles. The molecular weight excluding hydrogens is 406 g/mol. The fraction of sp³-hybridized carbons (Fsp3) is 0.238. The molecule has 0 fully saturated rings. The summed E-state index contributed by atoms with van der Waals surface area (Å²) < 4.78 is -0.0128. The van der Waals surface area contributed by atoms with E-state index < -0.39 is 0 Å². The van der Waals surface area contributed by atoms with Gasteiger partial charge in [-0.2, -0.15) is 0 Å². The summed E-state index contributed by atoms with van der Waals surface area (Å²) in [5, 5.41) is 0. The Labute approximate surface area is 181 Å². The number of hydrogen-bond acceptors (Lipinski definition) is 0. The third kappa shape index (κ3) is 4.44. The molecule has 2 aromatic rings. The molecule has 3 rings (SSSR count). The molecule has 0 nitrogen and oxygen atoms in total. The smallest absolute Gasteiger partial charge is 1.00 e. The van der Waals surface area contributed by atoms with E-state index >= 15 is 0 Å². The Hall–Kier alpha value is -0.496. The predicted molar refractivity (Wildman–Crippen MR) is 89.5 cm³/mol. The molecule has 0 N–H and O–H groups in total. The van der Waals surface area contributed by atoms with Crippen LogP contribution in [0.5, 0.6) is 0 Å². The Bertz CT molecular complexity index is 671. The van der Waals surface area contributed by atoms with E-state index in [-0.39, 0.29) is 46.4 Å². The fourth-order valence-corrected chi connectivity index (χ4v) is 4.22. The Morgan fingerprint density at radius 3 is 1.64 bits per heavy atom. The fourth-order valence-electron chi connectivity index (χ4n) is 3.35. The van der Waals surface area contributed by atoms with E-state index in [1.807, 2.05) is 0 Å². The van der Waals surface area contributed by atoms with Crippen LogP contribution in [0.4, 0.5) is 0 Å². The van der Waals surface area contributed by atoms with Gasteiger partial charge in [-0.1, -0.05) is 0 Å². The summed E-state index contributed by atoms with van der Waals surface area (Å²) in [5.74, 6) is 0. The van der Waals surface area contributed by atoms with Crippen molar-refractivity contribution in [2.75, 3.05) is 0 Å². The number of halogens is 3. The first-order chi connectivity index (χ1) is 10.6. The third-order valence-corrected chi connectivity index (χ3v) is 6.18. The van der Waals surface area contributed by atoms with Crippen molar-refractivity contribution in [3.8, 4) is 0 Å². The van der Waals surface area contributed by atoms with Crippen LogP contribution in [0.15, 0.2) is 84.5 Å². The molecule has 130 valence electrons. The van der Waals surface area contributed by atoms with Gasteiger partial charge in [-0.25, -0.2) is 0 Å². The second-order valence-electron chi connectivity index (χ2n) is 6.13. The van der Waals surface area contributed by atoms with Gasteiger partial charge < -0.3 is 37.2 Å². The molecule has 4 heteroatoms. The van der Waals surface area contributed by atoms with Crippen LogP contribution >= 0.6 is 0 Å². The molecule has 0 saturated carbocycles. The largest absolute Gasteiger partial charge is 1.00 e. The number of benzene rings is 2. The van der Waals surface area contributed by atoms with E-state index in [1.165, 1.54) is 16.7 Å². The van der Waals surface area contributed by atoms with Gasteiger partial charge in [0.1, 0.15) is 0 Å². The van der Waals surface area contributed by atoms with Crippen molar-refractivity contribution in [2.45, 2.75) is 29.4 Å². The zero-order valence-electron chi connectivity index (χ0n) is 14.3. The Balaban J connectivity index is 0.00000192. The molecular formula is C21H21Cl3Ti. The molecule has 0 saturated heterocycles. The maximum Gasteiger partial charge on any atom is -1.00 e. The molecule has 0 aromatic heterocycles. The molecule has 0 bridgehead atoms. The van der Waals surface area contributed by atoms with Crippen molar-refractivity contribution >= 4 is 0 Å². The standard InChI is InChI=1S/C21H21.3ClH.Ti/c1-3-17-14-15-20(16-17)21(2,18-10-6-4-7-11-18)19-12-8-5-9-13-19;;;;/h4-16H,3H2,1-2H3;3*1H;/q;;;;+3/p-3. The molecule has 0 radical (unpaired) electrons. The SMILES string of the molecule is CCC1=C[C]([Ti+3])(C(C)(c2ccccc2)c2ccccc2)C=C1.[Cl-].[Cl-].[Cl-]. The van der Waals surface area contributed by atoms with Gasteiger partial charge in [-0.05, 0) is 0 Å². The van der Waals surface area contributed by atoms with Crippen LogP contribution in [0.1, 0.15) is 31.4 Å². The van der Waals surface area contributed by atoms with Gasteiger partial charge in [0.15, 0.2) is 0 Å². The van der Waals surface area contributed by atoms with E-state index in [4.69, 9.17) is 0 Å². The van der Waals surface area contributed by atoms with Gasteiger partial charge in [-0.15, -0.1) is 0 Å². The second kappa shape index (κ2) is 10.00. The average Bonchev–Trinajstić information content (AvgIpc) is 2.99. The molecule has 1 unspecified atom stereocenters. The van der Waals surface area contributed by atoms with Gasteiger partial charge in [-0.3, -0.25) is 0 Å². The third-order valence-electron chi connectivity index (χ3n) is 4.91. The van der Waals surface area contributed by atoms with Crippen molar-refractivity contribution < 1.29 is 57.7 Å². The second-order valence-corrected chi connectivity index (χ2v) is 7.42. The first-order valence-corrected chi connectivity index (χ1v) is 8.65. The van der Waals surface area contributed by atoms with Crippen molar-refractivity contribution in [3.63, 3.8) is 0 Å². The Morgan fingerprint density at radius 1 is 0.840 bits per heavy atom. The summed E-state index contributed by atoms with van der Waals surface area (Å²) in [6, 6.07) is 21.8. The summed E-state index contributed by atoms with van der Waals surface area (Å²) in [6.45, 7) is 4.60. The summed E-state index contributed by atoms with van der Waals surface area (Å²) in [6.07, 6.45) is 8.22. The minimum Gasteiger partial charge on any atom is -1.00 e. The number of allylic oxidation sites excluding steroid dienone is 4. The maximum atomic E-state index is 2.45. The molecule has 1 atom stereocenters.